The molecule has 0 radical (unpaired) electrons. The van der Waals surface area contributed by atoms with E-state index in [2.05, 4.69) is 33.0 Å². The number of sulfonamides is 1. The molecule has 1 fully saturated rings. The molecule has 0 aromatic heterocycles. The van der Waals surface area contributed by atoms with Crippen molar-refractivity contribution in [2.45, 2.75) is 30.2 Å². The minimum Gasteiger partial charge on any atom is -0.294 e. The van der Waals surface area contributed by atoms with Crippen LogP contribution in [0, 0.1) is 0 Å². The van der Waals surface area contributed by atoms with E-state index in [-0.39, 0.29) is 0 Å². The first-order valence-electron chi connectivity index (χ1n) is 7.74. The average molecular weight is 385 g/mol. The summed E-state index contributed by atoms with van der Waals surface area (Å²) < 4.78 is 27.8. The van der Waals surface area contributed by atoms with Gasteiger partial charge in [-0.15, -0.1) is 0 Å². The van der Waals surface area contributed by atoms with Crippen LogP contribution in [0.4, 0.5) is 0 Å². The minimum absolute atomic E-state index is 0.368. The summed E-state index contributed by atoms with van der Waals surface area (Å²) in [6.45, 7) is 2.75. The molecule has 0 amide bonds. The van der Waals surface area contributed by atoms with Gasteiger partial charge in [0.25, 0.3) is 0 Å². The molecule has 1 heterocycles. The number of halogens is 1. The molecule has 3 rings (SSSR count). The molecule has 1 aromatic carbocycles. The highest BCUT2D eigenvalue weighted by Gasteiger charge is 2.30. The zero-order valence-electron chi connectivity index (χ0n) is 12.5. The van der Waals surface area contributed by atoms with Crippen molar-refractivity contribution in [2.24, 2.45) is 0 Å². The van der Waals surface area contributed by atoms with Crippen molar-refractivity contribution in [3.8, 4) is 0 Å². The number of piperazine rings is 1. The smallest absolute Gasteiger partial charge is 0.243 e. The van der Waals surface area contributed by atoms with Crippen molar-refractivity contribution < 1.29 is 8.42 Å². The van der Waals surface area contributed by atoms with E-state index in [4.69, 9.17) is 0 Å². The Kier molecular flexibility index (Phi) is 5.02. The Balaban J connectivity index is 1.68. The van der Waals surface area contributed by atoms with Crippen molar-refractivity contribution in [3.05, 3.63) is 40.9 Å². The standard InChI is InChI=1S/C16H21BrN2O2S/c17-14-5-4-8-16(13-14)22(20,21)19-11-9-18(10-12-19)15-6-2-1-3-7-15/h2,4-6,8,13,15H,1,3,7,9-12H2. The fraction of sp³-hybridized carbons (Fsp3) is 0.500. The Morgan fingerprint density at radius 1 is 1.14 bits per heavy atom. The highest BCUT2D eigenvalue weighted by Crippen LogP contribution is 2.23. The molecule has 2 aliphatic rings. The van der Waals surface area contributed by atoms with Crippen molar-refractivity contribution >= 4 is 26.0 Å². The molecule has 22 heavy (non-hydrogen) atoms. The second-order valence-corrected chi connectivity index (χ2v) is 8.68. The maximum absolute atomic E-state index is 12.7. The Morgan fingerprint density at radius 2 is 1.91 bits per heavy atom. The van der Waals surface area contributed by atoms with E-state index in [0.717, 1.165) is 17.6 Å². The summed E-state index contributed by atoms with van der Waals surface area (Å²) in [5.74, 6) is 0. The first kappa shape index (κ1) is 16.2. The highest BCUT2D eigenvalue weighted by molar-refractivity contribution is 9.10. The zero-order valence-corrected chi connectivity index (χ0v) is 14.9. The normalized spacial score (nSPS) is 24.5. The van der Waals surface area contributed by atoms with Crippen molar-refractivity contribution in [1.29, 1.82) is 0 Å². The number of allylic oxidation sites excluding steroid dienone is 1. The van der Waals surface area contributed by atoms with Crippen LogP contribution in [0.5, 0.6) is 0 Å². The molecule has 1 unspecified atom stereocenters. The van der Waals surface area contributed by atoms with Gasteiger partial charge in [-0.3, -0.25) is 4.90 Å². The Hall–Kier alpha value is -0.690. The maximum atomic E-state index is 12.7. The Bertz CT molecular complexity index is 652. The van der Waals surface area contributed by atoms with Gasteiger partial charge in [0.2, 0.25) is 10.0 Å². The van der Waals surface area contributed by atoms with Crippen molar-refractivity contribution in [3.63, 3.8) is 0 Å². The van der Waals surface area contributed by atoms with E-state index < -0.39 is 10.0 Å². The molecular formula is C16H21BrN2O2S. The van der Waals surface area contributed by atoms with E-state index in [1.165, 1.54) is 19.3 Å². The van der Waals surface area contributed by atoms with Gasteiger partial charge in [0.05, 0.1) is 4.90 Å². The van der Waals surface area contributed by atoms with Crippen LogP contribution in [0.1, 0.15) is 19.3 Å². The quantitative estimate of drug-likeness (QED) is 0.752. The van der Waals surface area contributed by atoms with Crippen LogP contribution in [0.25, 0.3) is 0 Å². The van der Waals surface area contributed by atoms with Crippen LogP contribution in [0.2, 0.25) is 0 Å². The summed E-state index contributed by atoms with van der Waals surface area (Å²) in [6.07, 6.45) is 8.13. The topological polar surface area (TPSA) is 40.6 Å². The van der Waals surface area contributed by atoms with Gasteiger partial charge >= 0.3 is 0 Å². The maximum Gasteiger partial charge on any atom is 0.243 e. The van der Waals surface area contributed by atoms with Crippen molar-refractivity contribution in [2.75, 3.05) is 26.2 Å². The summed E-state index contributed by atoms with van der Waals surface area (Å²) in [7, 11) is -3.38. The van der Waals surface area contributed by atoms with Gasteiger partial charge in [-0.2, -0.15) is 4.31 Å². The lowest BCUT2D eigenvalue weighted by atomic mass is 10.0. The van der Waals surface area contributed by atoms with E-state index in [1.54, 1.807) is 22.5 Å². The van der Waals surface area contributed by atoms with Gasteiger partial charge < -0.3 is 0 Å². The van der Waals surface area contributed by atoms with Gasteiger partial charge in [-0.25, -0.2) is 8.42 Å². The van der Waals surface area contributed by atoms with Crippen LogP contribution in [-0.4, -0.2) is 49.8 Å². The van der Waals surface area contributed by atoms with Gasteiger partial charge in [0.15, 0.2) is 0 Å². The molecule has 0 bridgehead atoms. The fourth-order valence-corrected chi connectivity index (χ4v) is 5.17. The SMILES string of the molecule is O=S(=O)(c1cccc(Br)c1)N1CCN(C2C=CCCC2)CC1. The van der Waals surface area contributed by atoms with E-state index in [1.807, 2.05) is 6.07 Å². The number of nitrogens with zero attached hydrogens (tertiary/aromatic N) is 2. The van der Waals surface area contributed by atoms with Crippen LogP contribution in [-0.2, 0) is 10.0 Å². The molecule has 6 heteroatoms. The zero-order chi connectivity index (χ0) is 15.6. The fourth-order valence-electron chi connectivity index (χ4n) is 3.15. The monoisotopic (exact) mass is 384 g/mol. The molecule has 1 aliphatic carbocycles. The van der Waals surface area contributed by atoms with E-state index >= 15 is 0 Å². The van der Waals surface area contributed by atoms with Crippen LogP contribution >= 0.6 is 15.9 Å². The molecule has 4 nitrogen and oxygen atoms in total. The van der Waals surface area contributed by atoms with Crippen LogP contribution in [0.3, 0.4) is 0 Å². The van der Waals surface area contributed by atoms with Gasteiger partial charge in [-0.1, -0.05) is 34.1 Å². The van der Waals surface area contributed by atoms with Crippen LogP contribution in [0.15, 0.2) is 45.8 Å². The largest absolute Gasteiger partial charge is 0.294 e. The number of rotatable bonds is 3. The molecule has 0 N–H and O–H groups in total. The lowest BCUT2D eigenvalue weighted by molar-refractivity contribution is 0.150. The minimum atomic E-state index is -3.38. The summed E-state index contributed by atoms with van der Waals surface area (Å²) in [6, 6.07) is 7.43. The van der Waals surface area contributed by atoms with E-state index in [0.29, 0.717) is 24.0 Å². The molecule has 0 spiro atoms. The van der Waals surface area contributed by atoms with Gasteiger partial charge in [0.1, 0.15) is 0 Å². The summed E-state index contributed by atoms with van der Waals surface area (Å²) in [5, 5.41) is 0. The number of hydrogen-bond donors (Lipinski definition) is 0. The molecule has 1 atom stereocenters. The number of benzene rings is 1. The average Bonchev–Trinajstić information content (AvgIpc) is 2.56. The molecule has 1 saturated heterocycles. The molecule has 1 aliphatic heterocycles. The Morgan fingerprint density at radius 3 is 2.55 bits per heavy atom. The summed E-state index contributed by atoms with van der Waals surface area (Å²) >= 11 is 3.34. The third-order valence-corrected chi connectivity index (χ3v) is 6.79. The third kappa shape index (κ3) is 3.45. The van der Waals surface area contributed by atoms with E-state index in [9.17, 15) is 8.42 Å². The lowest BCUT2D eigenvalue weighted by Crippen LogP contribution is -2.51. The molecule has 120 valence electrons. The number of hydrogen-bond acceptors (Lipinski definition) is 3. The summed E-state index contributed by atoms with van der Waals surface area (Å²) in [5.41, 5.74) is 0. The predicted molar refractivity (Wildman–Crippen MR) is 91.3 cm³/mol. The van der Waals surface area contributed by atoms with Crippen molar-refractivity contribution in [1.82, 2.24) is 9.21 Å². The first-order valence-corrected chi connectivity index (χ1v) is 9.97. The second kappa shape index (κ2) is 6.83. The lowest BCUT2D eigenvalue weighted by Gasteiger charge is -2.38. The third-order valence-electron chi connectivity index (χ3n) is 4.41. The van der Waals surface area contributed by atoms with Crippen LogP contribution < -0.4 is 0 Å². The molecular weight excluding hydrogens is 364 g/mol. The molecule has 0 saturated carbocycles. The molecule has 1 aromatic rings. The second-order valence-electron chi connectivity index (χ2n) is 5.82. The highest BCUT2D eigenvalue weighted by atomic mass is 79.9. The van der Waals surface area contributed by atoms with Gasteiger partial charge in [-0.05, 0) is 37.5 Å². The predicted octanol–water partition coefficient (Wildman–Crippen LogP) is 2.86. The van der Waals surface area contributed by atoms with Gasteiger partial charge in [0, 0.05) is 36.7 Å². The first-order chi connectivity index (χ1) is 10.6. The Labute approximate surface area is 141 Å². The summed E-state index contributed by atoms with van der Waals surface area (Å²) in [4.78, 5) is 2.77.